The van der Waals surface area contributed by atoms with Crippen molar-refractivity contribution in [3.63, 3.8) is 0 Å². The van der Waals surface area contributed by atoms with Gasteiger partial charge in [0.2, 0.25) is 0 Å². The number of halogens is 3. The van der Waals surface area contributed by atoms with Crippen molar-refractivity contribution in [2.45, 2.75) is 51.4 Å². The monoisotopic (exact) mass is 376 g/mol. The molecule has 0 saturated heterocycles. The third kappa shape index (κ3) is 4.71. The van der Waals surface area contributed by atoms with Crippen molar-refractivity contribution in [1.29, 1.82) is 0 Å². The van der Waals surface area contributed by atoms with Gasteiger partial charge in [0.25, 0.3) is 0 Å². The molecule has 1 saturated carbocycles. The number of unbranched alkanes of at least 4 members (excludes halogenated alkanes) is 1. The smallest absolute Gasteiger partial charge is 0.343 e. The molecule has 2 aromatic carbocycles. The molecule has 0 amide bonds. The average Bonchev–Trinajstić information content (AvgIpc) is 3.13. The normalized spacial score (nSPS) is 19.3. The summed E-state index contributed by atoms with van der Waals surface area (Å²) in [6, 6.07) is 8.45. The number of rotatable bonds is 6. The molecule has 0 heterocycles. The van der Waals surface area contributed by atoms with Crippen LogP contribution in [0.2, 0.25) is 0 Å². The lowest BCUT2D eigenvalue weighted by Gasteiger charge is -2.12. The van der Waals surface area contributed by atoms with Crippen LogP contribution in [0.4, 0.5) is 13.2 Å². The molecule has 0 spiro atoms. The summed E-state index contributed by atoms with van der Waals surface area (Å²) in [5, 5.41) is 0. The van der Waals surface area contributed by atoms with E-state index in [9.17, 15) is 18.0 Å². The third-order valence-electron chi connectivity index (χ3n) is 5.29. The molecular weight excluding hydrogens is 353 g/mol. The van der Waals surface area contributed by atoms with Gasteiger partial charge in [-0.25, -0.2) is 18.0 Å². The Hall–Kier alpha value is -2.30. The number of hydrogen-bond acceptors (Lipinski definition) is 2. The summed E-state index contributed by atoms with van der Waals surface area (Å²) in [7, 11) is 0. The first-order chi connectivity index (χ1) is 13.0. The highest BCUT2D eigenvalue weighted by molar-refractivity contribution is 5.91. The van der Waals surface area contributed by atoms with E-state index in [1.165, 1.54) is 37.7 Å². The number of hydrogen-bond donors (Lipinski definition) is 0. The van der Waals surface area contributed by atoms with Crippen LogP contribution in [0, 0.1) is 23.4 Å². The van der Waals surface area contributed by atoms with Gasteiger partial charge in [-0.05, 0) is 48.8 Å². The minimum atomic E-state index is -1.59. The first-order valence-electron chi connectivity index (χ1n) is 9.44. The summed E-state index contributed by atoms with van der Waals surface area (Å²) in [5.74, 6) is -4.19. The number of ether oxygens (including phenoxy) is 1. The van der Waals surface area contributed by atoms with Crippen molar-refractivity contribution < 1.29 is 22.7 Å². The van der Waals surface area contributed by atoms with Gasteiger partial charge in [-0.2, -0.15) is 0 Å². The van der Waals surface area contributed by atoms with E-state index >= 15 is 0 Å². The Morgan fingerprint density at radius 1 is 1.07 bits per heavy atom. The first-order valence-corrected chi connectivity index (χ1v) is 9.44. The molecule has 0 N–H and O–H groups in total. The molecular formula is C22H23F3O2. The number of carbonyl (C=O) groups is 1. The molecule has 5 heteroatoms. The van der Waals surface area contributed by atoms with Gasteiger partial charge in [-0.15, -0.1) is 0 Å². The van der Waals surface area contributed by atoms with Crippen LogP contribution in [0.1, 0.15) is 67.3 Å². The minimum absolute atomic E-state index is 0.282. The molecule has 1 aliphatic rings. The SMILES string of the molecule is CCCCC1CCC(c2ccc(C(=O)Oc3cc(F)c(F)c(F)c3)cc2)C1. The van der Waals surface area contributed by atoms with Crippen molar-refractivity contribution >= 4 is 5.97 Å². The van der Waals surface area contributed by atoms with E-state index in [2.05, 4.69) is 6.92 Å². The van der Waals surface area contributed by atoms with E-state index in [0.717, 1.165) is 12.3 Å². The van der Waals surface area contributed by atoms with Gasteiger partial charge in [0, 0.05) is 12.1 Å². The van der Waals surface area contributed by atoms with Gasteiger partial charge >= 0.3 is 5.97 Å². The maximum absolute atomic E-state index is 13.2. The Kier molecular flexibility index (Phi) is 6.19. The molecule has 0 radical (unpaired) electrons. The second-order valence-electron chi connectivity index (χ2n) is 7.23. The quantitative estimate of drug-likeness (QED) is 0.331. The highest BCUT2D eigenvalue weighted by atomic mass is 19.2. The summed E-state index contributed by atoms with van der Waals surface area (Å²) >= 11 is 0. The van der Waals surface area contributed by atoms with Crippen LogP contribution in [0.15, 0.2) is 36.4 Å². The van der Waals surface area contributed by atoms with Crippen LogP contribution in [-0.4, -0.2) is 5.97 Å². The summed E-state index contributed by atoms with van der Waals surface area (Å²) in [4.78, 5) is 12.2. The Bertz CT molecular complexity index is 779. The summed E-state index contributed by atoms with van der Waals surface area (Å²) in [5.41, 5.74) is 1.48. The predicted octanol–water partition coefficient (Wildman–Crippen LogP) is 6.40. The zero-order valence-electron chi connectivity index (χ0n) is 15.3. The average molecular weight is 376 g/mol. The van der Waals surface area contributed by atoms with Crippen molar-refractivity contribution in [3.05, 3.63) is 65.0 Å². The maximum Gasteiger partial charge on any atom is 0.343 e. The fraction of sp³-hybridized carbons (Fsp3) is 0.409. The summed E-state index contributed by atoms with van der Waals surface area (Å²) < 4.78 is 44.4. The maximum atomic E-state index is 13.2. The van der Waals surface area contributed by atoms with Crippen molar-refractivity contribution in [3.8, 4) is 5.75 Å². The molecule has 1 fully saturated rings. The molecule has 0 aromatic heterocycles. The zero-order valence-corrected chi connectivity index (χ0v) is 15.3. The van der Waals surface area contributed by atoms with Gasteiger partial charge in [0.1, 0.15) is 5.75 Å². The topological polar surface area (TPSA) is 26.3 Å². The first kappa shape index (κ1) is 19.5. The van der Waals surface area contributed by atoms with Crippen molar-refractivity contribution in [2.75, 3.05) is 0 Å². The largest absolute Gasteiger partial charge is 0.423 e. The van der Waals surface area contributed by atoms with E-state index in [1.807, 2.05) is 12.1 Å². The summed E-state index contributed by atoms with van der Waals surface area (Å²) in [6.45, 7) is 2.21. The van der Waals surface area contributed by atoms with Gasteiger partial charge < -0.3 is 4.74 Å². The van der Waals surface area contributed by atoms with Crippen LogP contribution in [0.25, 0.3) is 0 Å². The number of esters is 1. The molecule has 144 valence electrons. The highest BCUT2D eigenvalue weighted by Gasteiger charge is 2.25. The van der Waals surface area contributed by atoms with Gasteiger partial charge in [-0.3, -0.25) is 0 Å². The second kappa shape index (κ2) is 8.59. The lowest BCUT2D eigenvalue weighted by Crippen LogP contribution is -2.09. The van der Waals surface area contributed by atoms with E-state index in [4.69, 9.17) is 4.74 Å². The Labute approximate surface area is 157 Å². The van der Waals surface area contributed by atoms with Gasteiger partial charge in [0.05, 0.1) is 5.56 Å². The number of benzene rings is 2. The Balaban J connectivity index is 1.63. The molecule has 2 atom stereocenters. The van der Waals surface area contributed by atoms with Crippen LogP contribution >= 0.6 is 0 Å². The molecule has 2 aromatic rings. The van der Waals surface area contributed by atoms with Crippen molar-refractivity contribution in [2.24, 2.45) is 5.92 Å². The fourth-order valence-electron chi connectivity index (χ4n) is 3.78. The molecule has 3 rings (SSSR count). The molecule has 2 unspecified atom stereocenters. The fourth-order valence-corrected chi connectivity index (χ4v) is 3.78. The van der Waals surface area contributed by atoms with E-state index in [1.54, 1.807) is 12.1 Å². The Morgan fingerprint density at radius 2 is 1.74 bits per heavy atom. The zero-order chi connectivity index (χ0) is 19.4. The lowest BCUT2D eigenvalue weighted by molar-refractivity contribution is 0.0733. The second-order valence-corrected chi connectivity index (χ2v) is 7.23. The predicted molar refractivity (Wildman–Crippen MR) is 97.3 cm³/mol. The van der Waals surface area contributed by atoms with Crippen LogP contribution < -0.4 is 4.74 Å². The lowest BCUT2D eigenvalue weighted by atomic mass is 9.94. The van der Waals surface area contributed by atoms with Crippen LogP contribution in [0.3, 0.4) is 0 Å². The van der Waals surface area contributed by atoms with E-state index in [-0.39, 0.29) is 11.3 Å². The van der Waals surface area contributed by atoms with E-state index < -0.39 is 23.4 Å². The number of carbonyl (C=O) groups excluding carboxylic acids is 1. The van der Waals surface area contributed by atoms with Crippen LogP contribution in [-0.2, 0) is 0 Å². The summed E-state index contributed by atoms with van der Waals surface area (Å²) in [6.07, 6.45) is 7.36. The molecule has 1 aliphatic carbocycles. The molecule has 2 nitrogen and oxygen atoms in total. The Morgan fingerprint density at radius 3 is 2.37 bits per heavy atom. The third-order valence-corrected chi connectivity index (χ3v) is 5.29. The van der Waals surface area contributed by atoms with Gasteiger partial charge in [0.15, 0.2) is 17.5 Å². The van der Waals surface area contributed by atoms with Crippen molar-refractivity contribution in [1.82, 2.24) is 0 Å². The minimum Gasteiger partial charge on any atom is -0.423 e. The highest BCUT2D eigenvalue weighted by Crippen LogP contribution is 2.40. The molecule has 27 heavy (non-hydrogen) atoms. The van der Waals surface area contributed by atoms with E-state index in [0.29, 0.717) is 18.1 Å². The standard InChI is InChI=1S/C22H23F3O2/c1-2-3-4-14-5-6-17(11-14)15-7-9-16(10-8-15)22(26)27-18-12-19(23)21(25)20(24)13-18/h7-10,12-14,17H,2-6,11H2,1H3. The van der Waals surface area contributed by atoms with Gasteiger partial charge in [-0.1, -0.05) is 38.3 Å². The van der Waals surface area contributed by atoms with Crippen LogP contribution in [0.5, 0.6) is 5.75 Å². The molecule has 0 aliphatic heterocycles. The molecule has 0 bridgehead atoms.